The number of nitrogens with zero attached hydrogens (tertiary/aromatic N) is 4. The third kappa shape index (κ3) is 4.47. The Morgan fingerprint density at radius 3 is 2.75 bits per heavy atom. The number of carbonyl (C=O) groups is 2. The molecule has 0 unspecified atom stereocenters. The minimum absolute atomic E-state index is 0.125. The first-order valence-electron chi connectivity index (χ1n) is 10.2. The van der Waals surface area contributed by atoms with Crippen LogP contribution in [0.15, 0.2) is 55.0 Å². The summed E-state index contributed by atoms with van der Waals surface area (Å²) >= 11 is 0. The van der Waals surface area contributed by atoms with Crippen molar-refractivity contribution in [2.24, 2.45) is 0 Å². The fourth-order valence-electron chi connectivity index (χ4n) is 4.02. The Kier molecular flexibility index (Phi) is 5.91. The van der Waals surface area contributed by atoms with E-state index in [0.29, 0.717) is 17.5 Å². The zero-order valence-electron chi connectivity index (χ0n) is 17.2. The molecule has 3 aromatic rings. The Hall–Kier alpha value is -3.73. The van der Waals surface area contributed by atoms with E-state index in [-0.39, 0.29) is 18.6 Å². The van der Waals surface area contributed by atoms with Crippen LogP contribution in [0.25, 0.3) is 15.7 Å². The highest BCUT2D eigenvalue weighted by Gasteiger charge is 2.50. The number of pyridine rings is 2. The minimum atomic E-state index is -3.07. The van der Waals surface area contributed by atoms with Gasteiger partial charge in [-0.1, -0.05) is 18.2 Å². The number of ketones is 1. The van der Waals surface area contributed by atoms with Gasteiger partial charge in [0, 0.05) is 48.8 Å². The SMILES string of the molecule is [C-]#[N+][C@@H]1CC(F)(F)CN1C(=O)CCC(=O)c1ccncc1Cc1ccnc2ccccc12. The summed E-state index contributed by atoms with van der Waals surface area (Å²) in [6, 6.07) is 11.2. The van der Waals surface area contributed by atoms with Crippen LogP contribution in [0.2, 0.25) is 0 Å². The minimum Gasteiger partial charge on any atom is -0.294 e. The third-order valence-corrected chi connectivity index (χ3v) is 5.60. The van der Waals surface area contributed by atoms with Crippen molar-refractivity contribution in [1.82, 2.24) is 14.9 Å². The smallest absolute Gasteiger partial charge is 0.294 e. The molecule has 6 nitrogen and oxygen atoms in total. The molecule has 8 heteroatoms. The summed E-state index contributed by atoms with van der Waals surface area (Å²) in [5.74, 6) is -3.94. The van der Waals surface area contributed by atoms with Gasteiger partial charge in [0.05, 0.1) is 12.1 Å². The first-order valence-corrected chi connectivity index (χ1v) is 10.2. The van der Waals surface area contributed by atoms with E-state index >= 15 is 0 Å². The number of para-hydroxylation sites is 1. The molecule has 1 aliphatic heterocycles. The highest BCUT2D eigenvalue weighted by molar-refractivity contribution is 5.99. The number of Topliss-reactive ketones (excluding diaryl/α,β-unsaturated/α-hetero) is 1. The van der Waals surface area contributed by atoms with Gasteiger partial charge in [0.15, 0.2) is 5.78 Å². The Bertz CT molecular complexity index is 1220. The monoisotopic (exact) mass is 434 g/mol. The standard InChI is InChI=1S/C24H20F2N4O2/c1-27-22-13-24(25,26)15-30(22)23(32)7-6-21(31)19-9-10-28-14-17(19)12-16-8-11-29-20-5-3-2-4-18(16)20/h2-5,8-11,14,22H,6-7,12-13,15H2/t22-/m0/s1. The molecule has 1 aromatic carbocycles. The van der Waals surface area contributed by atoms with Crippen molar-refractivity contribution >= 4 is 22.6 Å². The lowest BCUT2D eigenvalue weighted by Gasteiger charge is -2.16. The van der Waals surface area contributed by atoms with E-state index in [0.717, 1.165) is 21.4 Å². The molecule has 0 saturated carbocycles. The molecule has 1 fully saturated rings. The lowest BCUT2D eigenvalue weighted by Crippen LogP contribution is -2.35. The van der Waals surface area contributed by atoms with Crippen molar-refractivity contribution in [1.29, 1.82) is 0 Å². The van der Waals surface area contributed by atoms with E-state index in [1.165, 1.54) is 6.20 Å². The van der Waals surface area contributed by atoms with Crippen LogP contribution < -0.4 is 0 Å². The lowest BCUT2D eigenvalue weighted by molar-refractivity contribution is -0.132. The van der Waals surface area contributed by atoms with E-state index < -0.39 is 31.0 Å². The first-order chi connectivity index (χ1) is 15.4. The molecule has 0 radical (unpaired) electrons. The maximum Gasteiger partial charge on any atom is 0.306 e. The number of amides is 1. The molecule has 162 valence electrons. The predicted molar refractivity (Wildman–Crippen MR) is 114 cm³/mol. The summed E-state index contributed by atoms with van der Waals surface area (Å²) in [6.45, 7) is 6.29. The van der Waals surface area contributed by atoms with Gasteiger partial charge in [-0.05, 0) is 29.3 Å². The van der Waals surface area contributed by atoms with Gasteiger partial charge < -0.3 is 0 Å². The highest BCUT2D eigenvalue weighted by Crippen LogP contribution is 2.33. The van der Waals surface area contributed by atoms with Crippen LogP contribution in [0.4, 0.5) is 8.78 Å². The molecule has 1 atom stereocenters. The lowest BCUT2D eigenvalue weighted by atomic mass is 9.96. The van der Waals surface area contributed by atoms with E-state index in [1.54, 1.807) is 18.5 Å². The van der Waals surface area contributed by atoms with Crippen molar-refractivity contribution in [3.05, 3.63) is 83.1 Å². The van der Waals surface area contributed by atoms with Gasteiger partial charge in [0.1, 0.15) is 6.42 Å². The average molecular weight is 434 g/mol. The van der Waals surface area contributed by atoms with Crippen molar-refractivity contribution in [3.63, 3.8) is 0 Å². The van der Waals surface area contributed by atoms with Gasteiger partial charge in [0.2, 0.25) is 5.91 Å². The van der Waals surface area contributed by atoms with E-state index in [4.69, 9.17) is 6.57 Å². The summed E-state index contributed by atoms with van der Waals surface area (Å²) < 4.78 is 27.2. The molecule has 0 bridgehead atoms. The maximum atomic E-state index is 13.6. The van der Waals surface area contributed by atoms with Crippen LogP contribution in [0.5, 0.6) is 0 Å². The Balaban J connectivity index is 1.48. The zero-order chi connectivity index (χ0) is 22.7. The fourth-order valence-corrected chi connectivity index (χ4v) is 4.02. The summed E-state index contributed by atoms with van der Waals surface area (Å²) in [6.07, 6.45) is 3.13. The number of likely N-dealkylation sites (tertiary alicyclic amines) is 1. The number of rotatable bonds is 6. The molecule has 1 saturated heterocycles. The number of hydrogen-bond donors (Lipinski definition) is 0. The average Bonchev–Trinajstić information content (AvgIpc) is 3.12. The molecule has 0 aliphatic carbocycles. The summed E-state index contributed by atoms with van der Waals surface area (Å²) in [4.78, 5) is 37.8. The number of hydrogen-bond acceptors (Lipinski definition) is 4. The Morgan fingerprint density at radius 1 is 1.12 bits per heavy atom. The molecule has 0 spiro atoms. The zero-order valence-corrected chi connectivity index (χ0v) is 17.2. The highest BCUT2D eigenvalue weighted by atomic mass is 19.3. The van der Waals surface area contributed by atoms with Gasteiger partial charge in [-0.25, -0.2) is 15.4 Å². The van der Waals surface area contributed by atoms with Gasteiger partial charge in [-0.15, -0.1) is 0 Å². The second kappa shape index (κ2) is 8.79. The van der Waals surface area contributed by atoms with Crippen LogP contribution in [0.3, 0.4) is 0 Å². The molecule has 0 N–H and O–H groups in total. The van der Waals surface area contributed by atoms with Gasteiger partial charge in [-0.2, -0.15) is 0 Å². The molecular weight excluding hydrogens is 414 g/mol. The number of benzene rings is 1. The predicted octanol–water partition coefficient (Wildman–Crippen LogP) is 4.30. The van der Waals surface area contributed by atoms with Crippen molar-refractivity contribution in [2.45, 2.75) is 37.8 Å². The molecule has 32 heavy (non-hydrogen) atoms. The Morgan fingerprint density at radius 2 is 1.94 bits per heavy atom. The van der Waals surface area contributed by atoms with Gasteiger partial charge in [-0.3, -0.25) is 29.3 Å². The topological polar surface area (TPSA) is 67.5 Å². The van der Waals surface area contributed by atoms with Gasteiger partial charge in [0.25, 0.3) is 5.92 Å². The van der Waals surface area contributed by atoms with Gasteiger partial charge >= 0.3 is 6.17 Å². The van der Waals surface area contributed by atoms with Crippen LogP contribution in [0.1, 0.15) is 40.7 Å². The Labute approximate surface area is 183 Å². The first kappa shape index (κ1) is 21.5. The van der Waals surface area contributed by atoms with E-state index in [9.17, 15) is 18.4 Å². The molecule has 4 rings (SSSR count). The molecule has 1 aliphatic rings. The van der Waals surface area contributed by atoms with E-state index in [1.807, 2.05) is 30.3 Å². The molecule has 2 aromatic heterocycles. The summed E-state index contributed by atoms with van der Waals surface area (Å²) in [5, 5.41) is 0.979. The quantitative estimate of drug-likeness (QED) is 0.429. The molecular formula is C24H20F2N4O2. The molecule has 1 amide bonds. The number of carbonyl (C=O) groups excluding carboxylic acids is 2. The van der Waals surface area contributed by atoms with Crippen LogP contribution in [0, 0.1) is 6.57 Å². The summed E-state index contributed by atoms with van der Waals surface area (Å²) in [7, 11) is 0. The van der Waals surface area contributed by atoms with Crippen molar-refractivity contribution < 1.29 is 18.4 Å². The number of aromatic nitrogens is 2. The maximum absolute atomic E-state index is 13.6. The van der Waals surface area contributed by atoms with E-state index in [2.05, 4.69) is 14.8 Å². The van der Waals surface area contributed by atoms with Crippen LogP contribution in [-0.4, -0.2) is 45.2 Å². The largest absolute Gasteiger partial charge is 0.306 e. The second-order valence-corrected chi connectivity index (χ2v) is 7.81. The third-order valence-electron chi connectivity index (χ3n) is 5.60. The molecule has 3 heterocycles. The fraction of sp³-hybridized carbons (Fsp3) is 0.292. The number of alkyl halides is 2. The van der Waals surface area contributed by atoms with Crippen LogP contribution >= 0.6 is 0 Å². The van der Waals surface area contributed by atoms with Crippen molar-refractivity contribution in [2.75, 3.05) is 6.54 Å². The second-order valence-electron chi connectivity index (χ2n) is 7.81. The normalized spacial score (nSPS) is 17.3. The van der Waals surface area contributed by atoms with Crippen LogP contribution in [-0.2, 0) is 11.2 Å². The number of halogens is 2. The van der Waals surface area contributed by atoms with Crippen molar-refractivity contribution in [3.8, 4) is 0 Å². The summed E-state index contributed by atoms with van der Waals surface area (Å²) in [5.41, 5.74) is 3.01. The number of fused-ring (bicyclic) bond motifs is 1.